The summed E-state index contributed by atoms with van der Waals surface area (Å²) in [6.07, 6.45) is 2.21. The maximum absolute atomic E-state index is 13.1. The standard InChI is InChI=1S/C20H23N5O3/c1-12-6-7-13(2)15(10-12)25-14(3)11-24-16-17(21-19(24)25)22(4)20(28)23(18(16)27)8-5-9-26/h6-7,10-11,26H,5,8-9H2,1-4H3. The zero-order chi connectivity index (χ0) is 20.2. The van der Waals surface area contributed by atoms with Gasteiger partial charge < -0.3 is 5.11 Å². The number of nitrogens with zero attached hydrogens (tertiary/aromatic N) is 5. The highest BCUT2D eigenvalue weighted by molar-refractivity contribution is 5.76. The first kappa shape index (κ1) is 18.2. The van der Waals surface area contributed by atoms with E-state index in [9.17, 15) is 9.59 Å². The number of aromatic nitrogens is 5. The second kappa shape index (κ2) is 6.49. The second-order valence-electron chi connectivity index (χ2n) is 7.23. The number of fused-ring (bicyclic) bond motifs is 3. The minimum Gasteiger partial charge on any atom is -0.396 e. The van der Waals surface area contributed by atoms with Crippen molar-refractivity contribution in [2.45, 2.75) is 33.7 Å². The SMILES string of the molecule is Cc1ccc(C)c(-n2c(C)cn3c4c(=O)n(CCCO)c(=O)n(C)c4nc23)c1. The van der Waals surface area contributed by atoms with E-state index >= 15 is 0 Å². The fraction of sp³-hybridized carbons (Fsp3) is 0.350. The van der Waals surface area contributed by atoms with Crippen molar-refractivity contribution in [3.8, 4) is 5.69 Å². The van der Waals surface area contributed by atoms with Gasteiger partial charge in [0.15, 0.2) is 11.2 Å². The van der Waals surface area contributed by atoms with Crippen LogP contribution in [0.4, 0.5) is 0 Å². The molecule has 0 spiro atoms. The molecule has 0 fully saturated rings. The third kappa shape index (κ3) is 2.52. The molecule has 3 aromatic heterocycles. The fourth-order valence-corrected chi connectivity index (χ4v) is 3.69. The van der Waals surface area contributed by atoms with Gasteiger partial charge >= 0.3 is 5.69 Å². The van der Waals surface area contributed by atoms with E-state index < -0.39 is 11.2 Å². The molecule has 4 aromatic rings. The predicted octanol–water partition coefficient (Wildman–Crippen LogP) is 1.45. The van der Waals surface area contributed by atoms with E-state index in [0.29, 0.717) is 23.4 Å². The van der Waals surface area contributed by atoms with Gasteiger partial charge in [0.1, 0.15) is 0 Å². The predicted molar refractivity (Wildman–Crippen MR) is 107 cm³/mol. The molecule has 3 heterocycles. The molecule has 0 aliphatic rings. The van der Waals surface area contributed by atoms with Crippen LogP contribution in [0.2, 0.25) is 0 Å². The third-order valence-electron chi connectivity index (χ3n) is 5.17. The maximum atomic E-state index is 13.1. The van der Waals surface area contributed by atoms with E-state index in [-0.39, 0.29) is 13.2 Å². The van der Waals surface area contributed by atoms with E-state index in [1.165, 1.54) is 4.57 Å². The molecule has 0 radical (unpaired) electrons. The average Bonchev–Trinajstić information content (AvgIpc) is 3.17. The van der Waals surface area contributed by atoms with E-state index in [4.69, 9.17) is 5.11 Å². The Labute approximate surface area is 160 Å². The van der Waals surface area contributed by atoms with Crippen molar-refractivity contribution in [2.24, 2.45) is 7.05 Å². The van der Waals surface area contributed by atoms with Gasteiger partial charge in [-0.25, -0.2) is 4.79 Å². The molecule has 0 aliphatic carbocycles. The molecule has 8 heteroatoms. The molecule has 0 amide bonds. The number of aryl methyl sites for hydroxylation is 4. The highest BCUT2D eigenvalue weighted by atomic mass is 16.3. The first-order valence-corrected chi connectivity index (χ1v) is 9.23. The summed E-state index contributed by atoms with van der Waals surface area (Å²) in [6, 6.07) is 6.20. The Hall–Kier alpha value is -3.13. The Balaban J connectivity index is 2.11. The molecule has 0 saturated heterocycles. The zero-order valence-corrected chi connectivity index (χ0v) is 16.4. The summed E-state index contributed by atoms with van der Waals surface area (Å²) in [5.74, 6) is 0.591. The van der Waals surface area contributed by atoms with Gasteiger partial charge in [0.05, 0.1) is 5.69 Å². The van der Waals surface area contributed by atoms with Gasteiger partial charge in [0, 0.05) is 32.1 Å². The molecule has 0 saturated carbocycles. The van der Waals surface area contributed by atoms with E-state index in [2.05, 4.69) is 23.2 Å². The lowest BCUT2D eigenvalue weighted by atomic mass is 10.1. The number of aliphatic hydroxyl groups is 1. The van der Waals surface area contributed by atoms with Crippen molar-refractivity contribution in [3.05, 3.63) is 62.1 Å². The van der Waals surface area contributed by atoms with Crippen molar-refractivity contribution >= 4 is 16.9 Å². The Morgan fingerprint density at radius 2 is 1.89 bits per heavy atom. The quantitative estimate of drug-likeness (QED) is 0.580. The van der Waals surface area contributed by atoms with Gasteiger partial charge in [0.2, 0.25) is 5.78 Å². The van der Waals surface area contributed by atoms with Gasteiger partial charge in [-0.15, -0.1) is 0 Å². The van der Waals surface area contributed by atoms with Gasteiger partial charge in [-0.1, -0.05) is 12.1 Å². The molecule has 0 atom stereocenters. The fourth-order valence-electron chi connectivity index (χ4n) is 3.69. The van der Waals surface area contributed by atoms with Gasteiger partial charge in [-0.2, -0.15) is 4.98 Å². The second-order valence-corrected chi connectivity index (χ2v) is 7.23. The van der Waals surface area contributed by atoms with Crippen molar-refractivity contribution in [1.82, 2.24) is 23.1 Å². The first-order valence-electron chi connectivity index (χ1n) is 9.23. The van der Waals surface area contributed by atoms with Crippen LogP contribution in [0.3, 0.4) is 0 Å². The monoisotopic (exact) mass is 381 g/mol. The van der Waals surface area contributed by atoms with Crippen LogP contribution in [-0.4, -0.2) is 34.8 Å². The summed E-state index contributed by atoms with van der Waals surface area (Å²) in [5.41, 5.74) is 4.04. The van der Waals surface area contributed by atoms with Gasteiger partial charge in [0.25, 0.3) is 5.56 Å². The third-order valence-corrected chi connectivity index (χ3v) is 5.17. The smallest absolute Gasteiger partial charge is 0.332 e. The van der Waals surface area contributed by atoms with Crippen LogP contribution in [0.25, 0.3) is 22.6 Å². The van der Waals surface area contributed by atoms with Crippen molar-refractivity contribution in [2.75, 3.05) is 6.61 Å². The lowest BCUT2D eigenvalue weighted by molar-refractivity contribution is 0.277. The Morgan fingerprint density at radius 1 is 1.14 bits per heavy atom. The molecule has 0 bridgehead atoms. The first-order chi connectivity index (χ1) is 13.3. The average molecular weight is 381 g/mol. The van der Waals surface area contributed by atoms with Crippen LogP contribution in [0, 0.1) is 20.8 Å². The lowest BCUT2D eigenvalue weighted by Gasteiger charge is -2.10. The molecule has 0 aliphatic heterocycles. The maximum Gasteiger partial charge on any atom is 0.332 e. The van der Waals surface area contributed by atoms with Crippen LogP contribution in [0.5, 0.6) is 0 Å². The molecule has 28 heavy (non-hydrogen) atoms. The normalized spacial score (nSPS) is 11.8. The van der Waals surface area contributed by atoms with E-state index in [1.807, 2.05) is 31.5 Å². The largest absolute Gasteiger partial charge is 0.396 e. The summed E-state index contributed by atoms with van der Waals surface area (Å²) in [6.45, 7) is 6.11. The van der Waals surface area contributed by atoms with E-state index in [0.717, 1.165) is 27.1 Å². The Kier molecular flexibility index (Phi) is 4.23. The molecule has 8 nitrogen and oxygen atoms in total. The van der Waals surface area contributed by atoms with Crippen molar-refractivity contribution in [1.29, 1.82) is 0 Å². The number of aliphatic hydroxyl groups excluding tert-OH is 1. The molecular weight excluding hydrogens is 358 g/mol. The Morgan fingerprint density at radius 3 is 2.61 bits per heavy atom. The van der Waals surface area contributed by atoms with Crippen LogP contribution in [0.1, 0.15) is 23.2 Å². The zero-order valence-electron chi connectivity index (χ0n) is 16.4. The highest BCUT2D eigenvalue weighted by Gasteiger charge is 2.21. The lowest BCUT2D eigenvalue weighted by Crippen LogP contribution is -2.39. The minimum atomic E-state index is -0.429. The van der Waals surface area contributed by atoms with Gasteiger partial charge in [-0.05, 0) is 44.4 Å². The van der Waals surface area contributed by atoms with Crippen molar-refractivity contribution in [3.63, 3.8) is 0 Å². The topological polar surface area (TPSA) is 86.5 Å². The molecule has 146 valence electrons. The summed E-state index contributed by atoms with van der Waals surface area (Å²) in [7, 11) is 1.61. The van der Waals surface area contributed by atoms with Crippen molar-refractivity contribution < 1.29 is 5.11 Å². The number of benzene rings is 1. The number of hydrogen-bond donors (Lipinski definition) is 1. The number of imidazole rings is 2. The minimum absolute atomic E-state index is 0.0857. The summed E-state index contributed by atoms with van der Waals surface area (Å²) in [5, 5.41) is 9.09. The summed E-state index contributed by atoms with van der Waals surface area (Å²) >= 11 is 0. The number of hydrogen-bond acceptors (Lipinski definition) is 4. The molecule has 4 rings (SSSR count). The molecule has 0 unspecified atom stereocenters. The molecule has 1 N–H and O–H groups in total. The molecular formula is C20H23N5O3. The summed E-state index contributed by atoms with van der Waals surface area (Å²) in [4.78, 5) is 30.3. The van der Waals surface area contributed by atoms with Crippen LogP contribution in [0.15, 0.2) is 34.0 Å². The highest BCUT2D eigenvalue weighted by Crippen LogP contribution is 2.24. The van der Waals surface area contributed by atoms with Crippen LogP contribution in [-0.2, 0) is 13.6 Å². The molecule has 1 aromatic carbocycles. The summed E-state index contributed by atoms with van der Waals surface area (Å²) < 4.78 is 6.31. The number of rotatable bonds is 4. The van der Waals surface area contributed by atoms with Crippen LogP contribution < -0.4 is 11.2 Å². The van der Waals surface area contributed by atoms with Gasteiger partial charge in [-0.3, -0.25) is 22.9 Å². The van der Waals surface area contributed by atoms with Crippen LogP contribution >= 0.6 is 0 Å². The van der Waals surface area contributed by atoms with E-state index in [1.54, 1.807) is 11.4 Å². The Bertz CT molecular complexity index is 1340.